The van der Waals surface area contributed by atoms with Crippen LogP contribution in [0.5, 0.6) is 0 Å². The zero-order valence-electron chi connectivity index (χ0n) is 8.01. The molecule has 0 aromatic rings. The first-order valence-corrected chi connectivity index (χ1v) is 4.98. The standard InChI is InChI=1S/C9H15ClN2O2/c1-7(10)5-12-9(13)4-8-6-11-2-3-14-8/h8,11H,1-6H2,(H,12,13). The second kappa shape index (κ2) is 6.01. The Morgan fingerprint density at radius 2 is 2.50 bits per heavy atom. The molecule has 1 rings (SSSR count). The van der Waals surface area contributed by atoms with E-state index in [-0.39, 0.29) is 12.0 Å². The number of hydrogen-bond donors (Lipinski definition) is 2. The number of nitrogens with one attached hydrogen (secondary N) is 2. The summed E-state index contributed by atoms with van der Waals surface area (Å²) in [5.74, 6) is -0.0551. The second-order valence-electron chi connectivity index (χ2n) is 3.20. The fraction of sp³-hybridized carbons (Fsp3) is 0.667. The van der Waals surface area contributed by atoms with Crippen LogP contribution in [0, 0.1) is 0 Å². The fourth-order valence-electron chi connectivity index (χ4n) is 1.22. The van der Waals surface area contributed by atoms with E-state index in [9.17, 15) is 4.79 Å². The predicted octanol–water partition coefficient (Wildman–Crippen LogP) is 0.234. The molecule has 1 fully saturated rings. The van der Waals surface area contributed by atoms with Gasteiger partial charge in [-0.1, -0.05) is 18.2 Å². The predicted molar refractivity (Wildman–Crippen MR) is 55.2 cm³/mol. The monoisotopic (exact) mass is 218 g/mol. The van der Waals surface area contributed by atoms with Crippen LogP contribution in [0.2, 0.25) is 0 Å². The number of morpholine rings is 1. The third-order valence-corrected chi connectivity index (χ3v) is 2.03. The Labute approximate surface area is 88.6 Å². The van der Waals surface area contributed by atoms with Crippen molar-refractivity contribution in [2.75, 3.05) is 26.2 Å². The molecule has 1 heterocycles. The second-order valence-corrected chi connectivity index (χ2v) is 3.73. The van der Waals surface area contributed by atoms with Crippen LogP contribution in [0.4, 0.5) is 0 Å². The number of halogens is 1. The molecular formula is C9H15ClN2O2. The topological polar surface area (TPSA) is 50.4 Å². The molecular weight excluding hydrogens is 204 g/mol. The van der Waals surface area contributed by atoms with Crippen molar-refractivity contribution in [2.45, 2.75) is 12.5 Å². The normalized spacial score (nSPS) is 21.6. The molecule has 5 heteroatoms. The van der Waals surface area contributed by atoms with Gasteiger partial charge in [-0.05, 0) is 0 Å². The lowest BCUT2D eigenvalue weighted by molar-refractivity contribution is -0.124. The lowest BCUT2D eigenvalue weighted by atomic mass is 10.2. The fourth-order valence-corrected chi connectivity index (χ4v) is 1.29. The Balaban J connectivity index is 2.15. The Morgan fingerprint density at radius 3 is 3.07 bits per heavy atom. The quantitative estimate of drug-likeness (QED) is 0.711. The van der Waals surface area contributed by atoms with Crippen LogP contribution in [0.1, 0.15) is 6.42 Å². The van der Waals surface area contributed by atoms with Gasteiger partial charge in [0.2, 0.25) is 5.91 Å². The molecule has 1 saturated heterocycles. The summed E-state index contributed by atoms with van der Waals surface area (Å²) < 4.78 is 5.38. The van der Waals surface area contributed by atoms with Gasteiger partial charge in [0.25, 0.3) is 0 Å². The van der Waals surface area contributed by atoms with Crippen molar-refractivity contribution >= 4 is 17.5 Å². The highest BCUT2D eigenvalue weighted by atomic mass is 35.5. The third kappa shape index (κ3) is 4.60. The first kappa shape index (κ1) is 11.5. The molecule has 1 unspecified atom stereocenters. The molecule has 4 nitrogen and oxygen atoms in total. The Kier molecular flexibility index (Phi) is 4.93. The van der Waals surface area contributed by atoms with E-state index in [2.05, 4.69) is 17.2 Å². The van der Waals surface area contributed by atoms with Crippen molar-refractivity contribution in [1.29, 1.82) is 0 Å². The summed E-state index contributed by atoms with van der Waals surface area (Å²) in [6.07, 6.45) is 0.351. The SMILES string of the molecule is C=C(Cl)CNC(=O)CC1CNCCO1. The summed E-state index contributed by atoms with van der Waals surface area (Å²) in [6.45, 7) is 6.06. The van der Waals surface area contributed by atoms with E-state index < -0.39 is 0 Å². The van der Waals surface area contributed by atoms with Crippen molar-refractivity contribution in [3.05, 3.63) is 11.6 Å². The van der Waals surface area contributed by atoms with Gasteiger partial charge in [0.05, 0.1) is 25.7 Å². The lowest BCUT2D eigenvalue weighted by Crippen LogP contribution is -2.41. The highest BCUT2D eigenvalue weighted by Crippen LogP contribution is 2.01. The van der Waals surface area contributed by atoms with Gasteiger partial charge in [0.15, 0.2) is 0 Å². The zero-order valence-corrected chi connectivity index (χ0v) is 8.77. The molecule has 0 aliphatic carbocycles. The molecule has 2 N–H and O–H groups in total. The summed E-state index contributed by atoms with van der Waals surface area (Å²) in [4.78, 5) is 11.3. The van der Waals surface area contributed by atoms with E-state index in [0.717, 1.165) is 13.1 Å². The summed E-state index contributed by atoms with van der Waals surface area (Å²) in [5, 5.41) is 6.24. The molecule has 0 aromatic heterocycles. The molecule has 1 atom stereocenters. The van der Waals surface area contributed by atoms with Crippen molar-refractivity contribution in [3.63, 3.8) is 0 Å². The van der Waals surface area contributed by atoms with Crippen LogP contribution in [-0.2, 0) is 9.53 Å². The van der Waals surface area contributed by atoms with Gasteiger partial charge in [-0.25, -0.2) is 0 Å². The van der Waals surface area contributed by atoms with Crippen molar-refractivity contribution < 1.29 is 9.53 Å². The number of rotatable bonds is 4. The van der Waals surface area contributed by atoms with Crippen LogP contribution in [-0.4, -0.2) is 38.3 Å². The molecule has 0 saturated carbocycles. The van der Waals surface area contributed by atoms with Gasteiger partial charge in [-0.15, -0.1) is 0 Å². The van der Waals surface area contributed by atoms with E-state index in [1.807, 2.05) is 0 Å². The van der Waals surface area contributed by atoms with Gasteiger partial charge < -0.3 is 15.4 Å². The maximum Gasteiger partial charge on any atom is 0.222 e. The average Bonchev–Trinajstić information content (AvgIpc) is 2.16. The maximum absolute atomic E-state index is 11.3. The van der Waals surface area contributed by atoms with Crippen LogP contribution in [0.15, 0.2) is 11.6 Å². The molecule has 0 aromatic carbocycles. The first-order valence-electron chi connectivity index (χ1n) is 4.61. The van der Waals surface area contributed by atoms with E-state index in [1.165, 1.54) is 0 Å². The number of amides is 1. The largest absolute Gasteiger partial charge is 0.375 e. The van der Waals surface area contributed by atoms with Gasteiger partial charge in [-0.3, -0.25) is 4.79 Å². The minimum Gasteiger partial charge on any atom is -0.375 e. The van der Waals surface area contributed by atoms with Crippen molar-refractivity contribution in [1.82, 2.24) is 10.6 Å². The molecule has 0 spiro atoms. The average molecular weight is 219 g/mol. The van der Waals surface area contributed by atoms with Crippen LogP contribution in [0.3, 0.4) is 0 Å². The van der Waals surface area contributed by atoms with Crippen LogP contribution >= 0.6 is 11.6 Å². The number of ether oxygens (including phenoxy) is 1. The molecule has 1 aliphatic heterocycles. The number of carbonyl (C=O) groups excluding carboxylic acids is 1. The van der Waals surface area contributed by atoms with Gasteiger partial charge in [0.1, 0.15) is 0 Å². The Morgan fingerprint density at radius 1 is 1.71 bits per heavy atom. The van der Waals surface area contributed by atoms with Crippen LogP contribution < -0.4 is 10.6 Å². The summed E-state index contributed by atoms with van der Waals surface area (Å²) in [6, 6.07) is 0. The highest BCUT2D eigenvalue weighted by molar-refractivity contribution is 6.29. The molecule has 0 radical (unpaired) electrons. The summed E-state index contributed by atoms with van der Waals surface area (Å²) in [7, 11) is 0. The van der Waals surface area contributed by atoms with Gasteiger partial charge in [0, 0.05) is 18.1 Å². The molecule has 80 valence electrons. The number of carbonyl (C=O) groups is 1. The minimum absolute atomic E-state index is 0.0210. The zero-order chi connectivity index (χ0) is 10.4. The van der Waals surface area contributed by atoms with E-state index in [1.54, 1.807) is 0 Å². The van der Waals surface area contributed by atoms with E-state index in [4.69, 9.17) is 16.3 Å². The van der Waals surface area contributed by atoms with Crippen molar-refractivity contribution in [2.24, 2.45) is 0 Å². The van der Waals surface area contributed by atoms with E-state index >= 15 is 0 Å². The van der Waals surface area contributed by atoms with Crippen molar-refractivity contribution in [3.8, 4) is 0 Å². The highest BCUT2D eigenvalue weighted by Gasteiger charge is 2.16. The molecule has 14 heavy (non-hydrogen) atoms. The Hall–Kier alpha value is -0.580. The smallest absolute Gasteiger partial charge is 0.222 e. The number of hydrogen-bond acceptors (Lipinski definition) is 3. The lowest BCUT2D eigenvalue weighted by Gasteiger charge is -2.22. The summed E-state index contributed by atoms with van der Waals surface area (Å²) in [5.41, 5.74) is 0. The molecule has 1 amide bonds. The first-order chi connectivity index (χ1) is 6.68. The van der Waals surface area contributed by atoms with Crippen LogP contribution in [0.25, 0.3) is 0 Å². The van der Waals surface area contributed by atoms with E-state index in [0.29, 0.717) is 24.6 Å². The summed E-state index contributed by atoms with van der Waals surface area (Å²) >= 11 is 5.51. The Bertz CT molecular complexity index is 215. The molecule has 0 bridgehead atoms. The van der Waals surface area contributed by atoms with Gasteiger partial charge >= 0.3 is 0 Å². The minimum atomic E-state index is -0.0551. The third-order valence-electron chi connectivity index (χ3n) is 1.89. The molecule has 1 aliphatic rings. The maximum atomic E-state index is 11.3. The van der Waals surface area contributed by atoms with Gasteiger partial charge in [-0.2, -0.15) is 0 Å².